The number of phenolic OH excluding ortho intramolecular Hbond substituents is 1. The molecule has 0 saturated carbocycles. The molecule has 1 unspecified atom stereocenters. The molecule has 69 heavy (non-hydrogen) atoms. The van der Waals surface area contributed by atoms with Crippen molar-refractivity contribution in [1.82, 2.24) is 35.6 Å². The Hall–Kier alpha value is -6.29. The van der Waals surface area contributed by atoms with Crippen LogP contribution in [-0.4, -0.2) is 178 Å². The maximum atomic E-state index is 13.9. The van der Waals surface area contributed by atoms with Crippen LogP contribution in [0.2, 0.25) is 0 Å². The lowest BCUT2D eigenvalue weighted by Gasteiger charge is -2.32. The largest absolute Gasteiger partial charge is 0.508 e. The number of amides is 4. The van der Waals surface area contributed by atoms with Gasteiger partial charge in [0.05, 0.1) is 32.2 Å². The molecule has 0 aromatic heterocycles. The zero-order chi connectivity index (χ0) is 51.0. The molecule has 2 aromatic rings. The zero-order valence-corrected chi connectivity index (χ0v) is 39.9. The number of hydrogen-bond donors (Lipinski definition) is 8. The maximum absolute atomic E-state index is 13.9. The summed E-state index contributed by atoms with van der Waals surface area (Å²) in [6.07, 6.45) is 0.204. The maximum Gasteiger partial charge on any atom is 0.317 e. The molecular formula is C48H70N8O13. The van der Waals surface area contributed by atoms with E-state index in [1.54, 1.807) is 58.0 Å². The minimum Gasteiger partial charge on any atom is -0.508 e. The standard InChI is InChI=1S/C48H70N8O13/c1-4-32(2)46(52-48(69)38(23-33(3)57)24-34-9-12-39(58)13-10-34)40(59)25-37(11-14-41(49)60)47(68)51-27-36-7-5-35(6-8-36)26-50-42(61)28-53-15-17-54(29-43(62)63)19-21-56(31-45(66)67)22-20-55(18-16-53)30-44(64)65/h5-10,12-13,32,37-38,46,58H,4,11,14-31H2,1-3H3,(H2,49,60)(H,50,61)(H,51,68)(H,52,69)(H,62,63)(H,64,65)(H,66,67)/t32?,37-,38+,46+/m1/s1. The van der Waals surface area contributed by atoms with E-state index in [-0.39, 0.29) is 134 Å². The van der Waals surface area contributed by atoms with E-state index < -0.39 is 59.3 Å². The third-order valence-electron chi connectivity index (χ3n) is 12.1. The van der Waals surface area contributed by atoms with Gasteiger partial charge in [-0.05, 0) is 54.5 Å². The lowest BCUT2D eigenvalue weighted by molar-refractivity contribution is -0.140. The summed E-state index contributed by atoms with van der Waals surface area (Å²) >= 11 is 0. The van der Waals surface area contributed by atoms with Crippen LogP contribution in [0.25, 0.3) is 0 Å². The van der Waals surface area contributed by atoms with E-state index in [4.69, 9.17) is 5.73 Å². The number of phenols is 1. The number of aliphatic carboxylic acids is 3. The van der Waals surface area contributed by atoms with Crippen molar-refractivity contribution in [2.45, 2.75) is 78.4 Å². The van der Waals surface area contributed by atoms with Crippen LogP contribution in [0.4, 0.5) is 0 Å². The van der Waals surface area contributed by atoms with Crippen LogP contribution in [0.1, 0.15) is 69.6 Å². The molecule has 0 spiro atoms. The van der Waals surface area contributed by atoms with E-state index in [0.29, 0.717) is 25.1 Å². The van der Waals surface area contributed by atoms with Gasteiger partial charge in [0.15, 0.2) is 5.78 Å². The van der Waals surface area contributed by atoms with E-state index in [0.717, 1.165) is 11.1 Å². The molecule has 0 aliphatic carbocycles. The molecular weight excluding hydrogens is 897 g/mol. The molecule has 4 atom stereocenters. The summed E-state index contributed by atoms with van der Waals surface area (Å²) in [5, 5.41) is 46.6. The topological polar surface area (TPSA) is 310 Å². The predicted molar refractivity (Wildman–Crippen MR) is 252 cm³/mol. The van der Waals surface area contributed by atoms with Gasteiger partial charge in [-0.25, -0.2) is 0 Å². The van der Waals surface area contributed by atoms with Gasteiger partial charge in [-0.3, -0.25) is 58.0 Å². The molecule has 380 valence electrons. The average molecular weight is 967 g/mol. The van der Waals surface area contributed by atoms with Crippen molar-refractivity contribution in [1.29, 1.82) is 0 Å². The first-order chi connectivity index (χ1) is 32.7. The minimum atomic E-state index is -1.05. The van der Waals surface area contributed by atoms with Gasteiger partial charge in [-0.2, -0.15) is 0 Å². The molecule has 21 heteroatoms. The molecule has 9 N–H and O–H groups in total. The summed E-state index contributed by atoms with van der Waals surface area (Å²) < 4.78 is 0. The lowest BCUT2D eigenvalue weighted by atomic mass is 9.86. The Labute approximate surface area is 402 Å². The van der Waals surface area contributed by atoms with Gasteiger partial charge in [0, 0.05) is 96.5 Å². The molecule has 1 heterocycles. The number of carbonyl (C=O) groups excluding carboxylic acids is 6. The quantitative estimate of drug-likeness (QED) is 0.0598. The summed E-state index contributed by atoms with van der Waals surface area (Å²) in [6.45, 7) is 6.52. The van der Waals surface area contributed by atoms with Crippen molar-refractivity contribution < 1.29 is 63.6 Å². The highest BCUT2D eigenvalue weighted by Crippen LogP contribution is 2.21. The summed E-state index contributed by atoms with van der Waals surface area (Å²) in [4.78, 5) is 120. The number of primary amides is 1. The van der Waals surface area contributed by atoms with E-state index in [9.17, 15) is 63.6 Å². The van der Waals surface area contributed by atoms with E-state index in [2.05, 4.69) is 16.0 Å². The fraction of sp³-hybridized carbons (Fsp3) is 0.562. The molecule has 4 amide bonds. The Balaban J connectivity index is 1.62. The number of carboxylic acids is 3. The Kier molecular flexibility index (Phi) is 24.4. The van der Waals surface area contributed by atoms with Crippen LogP contribution in [0.3, 0.4) is 0 Å². The van der Waals surface area contributed by atoms with Gasteiger partial charge < -0.3 is 46.9 Å². The second kappa shape index (κ2) is 29.6. The van der Waals surface area contributed by atoms with Crippen LogP contribution in [-0.2, 0) is 62.7 Å². The van der Waals surface area contributed by atoms with Crippen molar-refractivity contribution in [3.8, 4) is 5.75 Å². The lowest BCUT2D eigenvalue weighted by Crippen LogP contribution is -2.49. The number of rotatable bonds is 27. The Bertz CT molecular complexity index is 2020. The van der Waals surface area contributed by atoms with Crippen molar-refractivity contribution in [2.24, 2.45) is 23.5 Å². The number of hydrogen-bond acceptors (Lipinski definition) is 14. The highest BCUT2D eigenvalue weighted by atomic mass is 16.4. The number of nitrogens with zero attached hydrogens (tertiary/aromatic N) is 4. The van der Waals surface area contributed by atoms with Crippen LogP contribution in [0.15, 0.2) is 48.5 Å². The number of Topliss-reactive ketones (excluding diaryl/α,β-unsaturated/α-hetero) is 2. The summed E-state index contributed by atoms with van der Waals surface area (Å²) in [7, 11) is 0. The number of carbonyl (C=O) groups is 9. The average Bonchev–Trinajstić information content (AvgIpc) is 3.28. The molecule has 1 aliphatic rings. The van der Waals surface area contributed by atoms with E-state index in [1.807, 2.05) is 11.8 Å². The molecule has 21 nitrogen and oxygen atoms in total. The molecule has 3 rings (SSSR count). The number of nitrogens with one attached hydrogen (secondary N) is 3. The Morgan fingerprint density at radius 2 is 1.04 bits per heavy atom. The van der Waals surface area contributed by atoms with Gasteiger partial charge in [-0.15, -0.1) is 0 Å². The van der Waals surface area contributed by atoms with Gasteiger partial charge in [0.2, 0.25) is 23.6 Å². The Morgan fingerprint density at radius 3 is 1.46 bits per heavy atom. The first-order valence-electron chi connectivity index (χ1n) is 23.3. The fourth-order valence-electron chi connectivity index (χ4n) is 7.93. The van der Waals surface area contributed by atoms with E-state index in [1.165, 1.54) is 19.1 Å². The highest BCUT2D eigenvalue weighted by Gasteiger charge is 2.33. The molecule has 2 aromatic carbocycles. The number of carboxylic acid groups (broad SMARTS) is 3. The first-order valence-corrected chi connectivity index (χ1v) is 23.3. The normalized spacial score (nSPS) is 16.3. The molecule has 1 saturated heterocycles. The molecule has 0 bridgehead atoms. The van der Waals surface area contributed by atoms with Crippen LogP contribution in [0, 0.1) is 17.8 Å². The SMILES string of the molecule is CCC(C)[C@H](NC(=O)[C@@H](CC(C)=O)Cc1ccc(O)cc1)C(=O)C[C@@H](CCC(N)=O)C(=O)NCc1ccc(CNC(=O)CN2CCN(CC(=O)O)CCN(CC(=O)O)CCN(CC(=O)O)CC2)cc1. The van der Waals surface area contributed by atoms with Crippen LogP contribution >= 0.6 is 0 Å². The number of ketones is 2. The first kappa shape index (κ1) is 57.0. The van der Waals surface area contributed by atoms with Gasteiger partial charge in [0.1, 0.15) is 11.5 Å². The van der Waals surface area contributed by atoms with Crippen molar-refractivity contribution in [2.75, 3.05) is 78.5 Å². The third-order valence-corrected chi connectivity index (χ3v) is 12.1. The smallest absolute Gasteiger partial charge is 0.317 e. The van der Waals surface area contributed by atoms with Gasteiger partial charge >= 0.3 is 17.9 Å². The second-order valence-electron chi connectivity index (χ2n) is 17.8. The number of nitrogens with two attached hydrogens (primary N) is 1. The van der Waals surface area contributed by atoms with Gasteiger partial charge in [0.25, 0.3) is 0 Å². The van der Waals surface area contributed by atoms with Crippen molar-refractivity contribution >= 4 is 53.1 Å². The number of benzene rings is 2. The van der Waals surface area contributed by atoms with Crippen LogP contribution < -0.4 is 21.7 Å². The van der Waals surface area contributed by atoms with Crippen molar-refractivity contribution in [3.05, 3.63) is 65.2 Å². The van der Waals surface area contributed by atoms with Crippen LogP contribution in [0.5, 0.6) is 5.75 Å². The number of aromatic hydroxyl groups is 1. The molecule has 0 radical (unpaired) electrons. The predicted octanol–water partition coefficient (Wildman–Crippen LogP) is 0.310. The molecule has 1 aliphatic heterocycles. The highest BCUT2D eigenvalue weighted by molar-refractivity contribution is 5.94. The summed E-state index contributed by atoms with van der Waals surface area (Å²) in [5.41, 5.74) is 7.60. The second-order valence-corrected chi connectivity index (χ2v) is 17.8. The third kappa shape index (κ3) is 22.6. The fourth-order valence-corrected chi connectivity index (χ4v) is 7.93. The van der Waals surface area contributed by atoms with Crippen molar-refractivity contribution in [3.63, 3.8) is 0 Å². The molecule has 1 fully saturated rings. The minimum absolute atomic E-state index is 0.00746. The zero-order valence-electron chi connectivity index (χ0n) is 39.9. The Morgan fingerprint density at radius 1 is 0.609 bits per heavy atom. The monoisotopic (exact) mass is 967 g/mol. The summed E-state index contributed by atoms with van der Waals surface area (Å²) in [6, 6.07) is 12.4. The van der Waals surface area contributed by atoms with E-state index >= 15 is 0 Å². The summed E-state index contributed by atoms with van der Waals surface area (Å²) in [5.74, 6) is -7.73. The van der Waals surface area contributed by atoms with Gasteiger partial charge in [-0.1, -0.05) is 56.7 Å².